The molecule has 3 nitrogen and oxygen atoms in total. The van der Waals surface area contributed by atoms with Crippen LogP contribution in [0.5, 0.6) is 0 Å². The Hall–Kier alpha value is -0.900. The summed E-state index contributed by atoms with van der Waals surface area (Å²) >= 11 is 0. The van der Waals surface area contributed by atoms with Crippen molar-refractivity contribution in [3.63, 3.8) is 0 Å². The third kappa shape index (κ3) is 4.97. The van der Waals surface area contributed by atoms with Crippen molar-refractivity contribution < 1.29 is 10.2 Å². The lowest BCUT2D eigenvalue weighted by molar-refractivity contribution is 0.0232. The summed E-state index contributed by atoms with van der Waals surface area (Å²) in [6, 6.07) is 10.4. The normalized spacial score (nSPS) is 9.93. The molecule has 0 saturated carbocycles. The van der Waals surface area contributed by atoms with Crippen molar-refractivity contribution in [2.45, 2.75) is 25.9 Å². The Kier molecular flexibility index (Phi) is 7.27. The summed E-state index contributed by atoms with van der Waals surface area (Å²) < 4.78 is 5.34. The molecule has 1 rings (SSSR count). The molecule has 0 heterocycles. The van der Waals surface area contributed by atoms with Crippen molar-refractivity contribution in [3.8, 4) is 0 Å². The molecule has 0 atom stereocenters. The fourth-order valence-electron chi connectivity index (χ4n) is 1.16. The molecule has 1 aromatic carbocycles. The van der Waals surface area contributed by atoms with Gasteiger partial charge in [-0.05, 0) is 19.4 Å². The molecule has 14 heavy (non-hydrogen) atoms. The van der Waals surface area contributed by atoms with E-state index in [1.54, 1.807) is 7.11 Å². The number of rotatable bonds is 3. The van der Waals surface area contributed by atoms with Crippen LogP contribution in [0.2, 0.25) is 0 Å². The molecule has 0 aliphatic rings. The van der Waals surface area contributed by atoms with E-state index >= 15 is 0 Å². The second kappa shape index (κ2) is 6.54. The molecule has 0 unspecified atom stereocenters. The van der Waals surface area contributed by atoms with E-state index < -0.39 is 0 Å². The largest absolute Gasteiger partial charge is 0.412 e. The molecule has 0 saturated heterocycles. The molecular weight excluding hydrogens is 178 g/mol. The average Bonchev–Trinajstić information content (AvgIpc) is 2.06. The van der Waals surface area contributed by atoms with Crippen LogP contribution < -0.4 is 6.15 Å². The van der Waals surface area contributed by atoms with E-state index in [9.17, 15) is 0 Å². The van der Waals surface area contributed by atoms with Gasteiger partial charge in [0.15, 0.2) is 0 Å². The highest BCUT2D eigenvalue weighted by atomic mass is 16.5. The lowest BCUT2D eigenvalue weighted by Gasteiger charge is -2.22. The smallest absolute Gasteiger partial charge is 0.0662 e. The van der Waals surface area contributed by atoms with Crippen molar-refractivity contribution in [2.75, 3.05) is 7.11 Å². The van der Waals surface area contributed by atoms with Crippen LogP contribution in [0.15, 0.2) is 30.3 Å². The van der Waals surface area contributed by atoms with Crippen LogP contribution in [-0.4, -0.2) is 18.2 Å². The molecule has 3 heteroatoms. The van der Waals surface area contributed by atoms with Gasteiger partial charge in [-0.25, -0.2) is 0 Å². The molecule has 0 amide bonds. The third-order valence-electron chi connectivity index (χ3n) is 2.03. The predicted octanol–water partition coefficient (Wildman–Crippen LogP) is 1.99. The van der Waals surface area contributed by atoms with Gasteiger partial charge in [0.2, 0.25) is 0 Å². The summed E-state index contributed by atoms with van der Waals surface area (Å²) in [7, 11) is 1.75. The number of hydrogen-bond acceptors (Lipinski definition) is 2. The van der Waals surface area contributed by atoms with Crippen molar-refractivity contribution in [1.82, 2.24) is 6.15 Å². The van der Waals surface area contributed by atoms with Gasteiger partial charge in [-0.2, -0.15) is 0 Å². The van der Waals surface area contributed by atoms with Crippen LogP contribution in [0.1, 0.15) is 19.4 Å². The fourth-order valence-corrected chi connectivity index (χ4v) is 1.16. The molecule has 1 aromatic rings. The summed E-state index contributed by atoms with van der Waals surface area (Å²) in [5.41, 5.74) is 1.27. The SMILES string of the molecule is COC(C)(C)Cc1ccccc1.N.O. The van der Waals surface area contributed by atoms with E-state index in [4.69, 9.17) is 4.74 Å². The van der Waals surface area contributed by atoms with Crippen molar-refractivity contribution in [1.29, 1.82) is 0 Å². The molecule has 0 spiro atoms. The fraction of sp³-hybridized carbons (Fsp3) is 0.455. The first kappa shape index (κ1) is 15.6. The van der Waals surface area contributed by atoms with Crippen LogP contribution in [0, 0.1) is 0 Å². The maximum atomic E-state index is 5.34. The van der Waals surface area contributed by atoms with E-state index in [2.05, 4.69) is 38.1 Å². The zero-order valence-electron chi connectivity index (χ0n) is 9.21. The maximum absolute atomic E-state index is 5.34. The first-order valence-electron chi connectivity index (χ1n) is 4.23. The molecular formula is C11H21NO2. The van der Waals surface area contributed by atoms with Gasteiger partial charge in [0.05, 0.1) is 5.60 Å². The van der Waals surface area contributed by atoms with Gasteiger partial charge >= 0.3 is 0 Å². The maximum Gasteiger partial charge on any atom is 0.0662 e. The molecule has 0 aliphatic heterocycles. The van der Waals surface area contributed by atoms with Gasteiger partial charge in [0.1, 0.15) is 0 Å². The van der Waals surface area contributed by atoms with Crippen LogP contribution in [0.3, 0.4) is 0 Å². The molecule has 0 aliphatic carbocycles. The minimum atomic E-state index is -0.0542. The van der Waals surface area contributed by atoms with Gasteiger partial charge in [-0.1, -0.05) is 30.3 Å². The van der Waals surface area contributed by atoms with Crippen LogP contribution in [0.25, 0.3) is 0 Å². The highest BCUT2D eigenvalue weighted by Crippen LogP contribution is 2.15. The Balaban J connectivity index is 0. The molecule has 0 bridgehead atoms. The second-order valence-corrected chi connectivity index (χ2v) is 3.63. The summed E-state index contributed by atoms with van der Waals surface area (Å²) in [6.45, 7) is 4.19. The first-order valence-corrected chi connectivity index (χ1v) is 4.23. The van der Waals surface area contributed by atoms with Crippen molar-refractivity contribution in [2.24, 2.45) is 0 Å². The van der Waals surface area contributed by atoms with E-state index in [1.807, 2.05) is 6.07 Å². The molecule has 82 valence electrons. The lowest BCUT2D eigenvalue weighted by Crippen LogP contribution is -2.25. The zero-order chi connectivity index (χ0) is 9.03. The van der Waals surface area contributed by atoms with Gasteiger partial charge in [0, 0.05) is 13.5 Å². The Morgan fingerprint density at radius 3 is 2.07 bits per heavy atom. The summed E-state index contributed by atoms with van der Waals surface area (Å²) in [5.74, 6) is 0. The second-order valence-electron chi connectivity index (χ2n) is 3.63. The highest BCUT2D eigenvalue weighted by Gasteiger charge is 2.16. The average molecular weight is 199 g/mol. The monoisotopic (exact) mass is 199 g/mol. The summed E-state index contributed by atoms with van der Waals surface area (Å²) in [5, 5.41) is 0. The quantitative estimate of drug-likeness (QED) is 0.808. The molecule has 0 radical (unpaired) electrons. The number of ether oxygens (including phenoxy) is 1. The van der Waals surface area contributed by atoms with Gasteiger partial charge in [0.25, 0.3) is 0 Å². The Labute approximate surface area is 86.0 Å². The van der Waals surface area contributed by atoms with E-state index in [1.165, 1.54) is 5.56 Å². The van der Waals surface area contributed by atoms with Gasteiger partial charge < -0.3 is 16.4 Å². The number of hydrogen-bond donors (Lipinski definition) is 1. The van der Waals surface area contributed by atoms with Crippen LogP contribution in [-0.2, 0) is 11.2 Å². The molecule has 0 aromatic heterocycles. The topological polar surface area (TPSA) is 75.7 Å². The number of benzene rings is 1. The Bertz CT molecular complexity index is 234. The minimum absolute atomic E-state index is 0. The Morgan fingerprint density at radius 2 is 1.64 bits per heavy atom. The van der Waals surface area contributed by atoms with E-state index in [0.29, 0.717) is 0 Å². The lowest BCUT2D eigenvalue weighted by atomic mass is 9.99. The zero-order valence-corrected chi connectivity index (χ0v) is 9.21. The number of methoxy groups -OCH3 is 1. The van der Waals surface area contributed by atoms with E-state index in [0.717, 1.165) is 6.42 Å². The van der Waals surface area contributed by atoms with Crippen LogP contribution >= 0.6 is 0 Å². The summed E-state index contributed by atoms with van der Waals surface area (Å²) in [4.78, 5) is 0. The van der Waals surface area contributed by atoms with Crippen LogP contribution in [0.4, 0.5) is 0 Å². The minimum Gasteiger partial charge on any atom is -0.412 e. The predicted molar refractivity (Wildman–Crippen MR) is 59.9 cm³/mol. The van der Waals surface area contributed by atoms with Gasteiger partial charge in [-0.15, -0.1) is 0 Å². The summed E-state index contributed by atoms with van der Waals surface area (Å²) in [6.07, 6.45) is 0.963. The highest BCUT2D eigenvalue weighted by molar-refractivity contribution is 5.16. The van der Waals surface area contributed by atoms with Crippen molar-refractivity contribution in [3.05, 3.63) is 35.9 Å². The van der Waals surface area contributed by atoms with Crippen molar-refractivity contribution >= 4 is 0 Å². The standard InChI is InChI=1S/C11H16O.H3N.H2O/c1-11(2,12-3)9-10-7-5-4-6-8-10;;/h4-8H,9H2,1-3H3;1H3;1H2. The molecule has 0 fully saturated rings. The first-order chi connectivity index (χ1) is 5.64. The van der Waals surface area contributed by atoms with Gasteiger partial charge in [-0.3, -0.25) is 0 Å². The Morgan fingerprint density at radius 1 is 1.14 bits per heavy atom. The third-order valence-corrected chi connectivity index (χ3v) is 2.03. The van der Waals surface area contributed by atoms with E-state index in [-0.39, 0.29) is 17.2 Å². The molecule has 5 N–H and O–H groups in total.